The second kappa shape index (κ2) is 7.03. The molecule has 0 aliphatic rings. The molecule has 0 amide bonds. The summed E-state index contributed by atoms with van der Waals surface area (Å²) in [6.07, 6.45) is -0.867. The van der Waals surface area contributed by atoms with Gasteiger partial charge >= 0.3 is 0 Å². The largest absolute Gasteiger partial charge is 0.376 e. The van der Waals surface area contributed by atoms with E-state index >= 15 is 0 Å². The standard InChI is InChI=1S/C21H13ClO/c22-19-14-12-18(13-15-19)21(23)11-4-2-7-17-9-5-8-16-6-1-3-10-20(16)17/h1,3,5-6,8-10,12-15,21,23H. The quantitative estimate of drug-likeness (QED) is 0.651. The number of fused-ring (bicyclic) bond motifs is 1. The molecule has 0 aliphatic carbocycles. The average Bonchev–Trinajstić information content (AvgIpc) is 2.59. The fraction of sp³-hybridized carbons (Fsp3) is 0.0476. The maximum absolute atomic E-state index is 10.00. The summed E-state index contributed by atoms with van der Waals surface area (Å²) >= 11 is 5.82. The van der Waals surface area contributed by atoms with Crippen LogP contribution in [0.15, 0.2) is 66.7 Å². The Balaban J connectivity index is 1.81. The van der Waals surface area contributed by atoms with Gasteiger partial charge in [0.2, 0.25) is 0 Å². The van der Waals surface area contributed by atoms with Crippen molar-refractivity contribution in [2.75, 3.05) is 0 Å². The van der Waals surface area contributed by atoms with Gasteiger partial charge in [-0.2, -0.15) is 0 Å². The highest BCUT2D eigenvalue weighted by atomic mass is 35.5. The van der Waals surface area contributed by atoms with Crippen LogP contribution in [0.4, 0.5) is 0 Å². The summed E-state index contributed by atoms with van der Waals surface area (Å²) in [7, 11) is 0. The third kappa shape index (κ3) is 3.74. The summed E-state index contributed by atoms with van der Waals surface area (Å²) in [6, 6.07) is 21.0. The molecule has 3 aromatic rings. The first-order chi connectivity index (χ1) is 11.2. The molecular formula is C21H13ClO. The number of aliphatic hydroxyl groups excluding tert-OH is 1. The molecule has 1 atom stereocenters. The van der Waals surface area contributed by atoms with Crippen LogP contribution in [0.25, 0.3) is 10.8 Å². The van der Waals surface area contributed by atoms with E-state index < -0.39 is 6.10 Å². The lowest BCUT2D eigenvalue weighted by Crippen LogP contribution is -1.92. The molecule has 1 N–H and O–H groups in total. The van der Waals surface area contributed by atoms with E-state index in [-0.39, 0.29) is 0 Å². The van der Waals surface area contributed by atoms with Gasteiger partial charge in [-0.3, -0.25) is 0 Å². The molecular weight excluding hydrogens is 304 g/mol. The Bertz CT molecular complexity index is 945. The molecule has 23 heavy (non-hydrogen) atoms. The minimum Gasteiger partial charge on any atom is -0.376 e. The van der Waals surface area contributed by atoms with Gasteiger partial charge in [0.05, 0.1) is 0 Å². The molecule has 0 spiro atoms. The molecule has 0 saturated heterocycles. The van der Waals surface area contributed by atoms with E-state index in [1.54, 1.807) is 24.3 Å². The first-order valence-electron chi connectivity index (χ1n) is 7.17. The van der Waals surface area contributed by atoms with Crippen molar-refractivity contribution in [2.45, 2.75) is 6.10 Å². The van der Waals surface area contributed by atoms with Crippen molar-refractivity contribution in [1.29, 1.82) is 0 Å². The van der Waals surface area contributed by atoms with Crippen LogP contribution in [-0.2, 0) is 0 Å². The first-order valence-corrected chi connectivity index (χ1v) is 7.55. The van der Waals surface area contributed by atoms with Crippen LogP contribution >= 0.6 is 11.6 Å². The molecule has 0 radical (unpaired) electrons. The Kier molecular flexibility index (Phi) is 4.65. The Hall–Kier alpha value is -2.71. The molecule has 0 aromatic heterocycles. The molecule has 3 aromatic carbocycles. The highest BCUT2D eigenvalue weighted by Crippen LogP contribution is 2.17. The zero-order valence-corrected chi connectivity index (χ0v) is 13.0. The van der Waals surface area contributed by atoms with Gasteiger partial charge in [0.25, 0.3) is 0 Å². The summed E-state index contributed by atoms with van der Waals surface area (Å²) in [6.45, 7) is 0. The summed E-state index contributed by atoms with van der Waals surface area (Å²) in [5.74, 6) is 11.3. The van der Waals surface area contributed by atoms with E-state index in [0.717, 1.165) is 16.3 Å². The van der Waals surface area contributed by atoms with Crippen LogP contribution in [0.2, 0.25) is 5.02 Å². The second-order valence-corrected chi connectivity index (χ2v) is 5.44. The Morgan fingerprint density at radius 2 is 1.57 bits per heavy atom. The summed E-state index contributed by atoms with van der Waals surface area (Å²) in [5, 5.41) is 12.9. The van der Waals surface area contributed by atoms with E-state index in [1.807, 2.05) is 30.3 Å². The van der Waals surface area contributed by atoms with Crippen LogP contribution < -0.4 is 0 Å². The molecule has 0 bridgehead atoms. The van der Waals surface area contributed by atoms with Crippen molar-refractivity contribution >= 4 is 22.4 Å². The number of benzene rings is 3. The molecule has 110 valence electrons. The van der Waals surface area contributed by atoms with E-state index in [4.69, 9.17) is 11.6 Å². The summed E-state index contributed by atoms with van der Waals surface area (Å²) < 4.78 is 0. The van der Waals surface area contributed by atoms with Crippen LogP contribution in [0.1, 0.15) is 17.2 Å². The number of halogens is 1. The Morgan fingerprint density at radius 3 is 2.39 bits per heavy atom. The Morgan fingerprint density at radius 1 is 0.826 bits per heavy atom. The molecule has 0 fully saturated rings. The predicted octanol–water partition coefficient (Wildman–Crippen LogP) is 4.58. The zero-order chi connectivity index (χ0) is 16.1. The maximum Gasteiger partial charge on any atom is 0.141 e. The second-order valence-electron chi connectivity index (χ2n) is 5.00. The maximum atomic E-state index is 10.00. The van der Waals surface area contributed by atoms with Crippen LogP contribution in [0.3, 0.4) is 0 Å². The van der Waals surface area contributed by atoms with E-state index in [2.05, 4.69) is 35.8 Å². The van der Waals surface area contributed by atoms with Gasteiger partial charge in [0, 0.05) is 10.6 Å². The fourth-order valence-corrected chi connectivity index (χ4v) is 2.39. The lowest BCUT2D eigenvalue weighted by atomic mass is 10.1. The predicted molar refractivity (Wildman–Crippen MR) is 95.0 cm³/mol. The van der Waals surface area contributed by atoms with Crippen molar-refractivity contribution in [3.8, 4) is 23.7 Å². The molecule has 2 heteroatoms. The minimum absolute atomic E-state index is 0.629. The third-order valence-corrected chi connectivity index (χ3v) is 3.70. The number of hydrogen-bond acceptors (Lipinski definition) is 1. The van der Waals surface area contributed by atoms with Crippen LogP contribution in [-0.4, -0.2) is 5.11 Å². The molecule has 1 unspecified atom stereocenters. The van der Waals surface area contributed by atoms with Gasteiger partial charge in [-0.25, -0.2) is 0 Å². The van der Waals surface area contributed by atoms with Gasteiger partial charge < -0.3 is 5.11 Å². The van der Waals surface area contributed by atoms with Gasteiger partial charge in [-0.1, -0.05) is 72.0 Å². The first kappa shape index (κ1) is 15.2. The summed E-state index contributed by atoms with van der Waals surface area (Å²) in [5.41, 5.74) is 1.63. The topological polar surface area (TPSA) is 20.2 Å². The molecule has 1 nitrogen and oxygen atoms in total. The zero-order valence-electron chi connectivity index (χ0n) is 12.3. The van der Waals surface area contributed by atoms with Crippen molar-refractivity contribution in [3.63, 3.8) is 0 Å². The number of rotatable bonds is 1. The van der Waals surface area contributed by atoms with Gasteiger partial charge in [-0.15, -0.1) is 0 Å². The normalized spacial score (nSPS) is 11.0. The molecule has 0 aliphatic heterocycles. The van der Waals surface area contributed by atoms with Gasteiger partial charge in [0.1, 0.15) is 6.10 Å². The summed E-state index contributed by atoms with van der Waals surface area (Å²) in [4.78, 5) is 0. The van der Waals surface area contributed by atoms with Crippen LogP contribution in [0.5, 0.6) is 0 Å². The van der Waals surface area contributed by atoms with Crippen molar-refractivity contribution in [3.05, 3.63) is 82.9 Å². The third-order valence-electron chi connectivity index (χ3n) is 3.44. The Labute approximate surface area is 140 Å². The van der Waals surface area contributed by atoms with E-state index in [9.17, 15) is 5.11 Å². The van der Waals surface area contributed by atoms with Crippen molar-refractivity contribution in [2.24, 2.45) is 0 Å². The SMILES string of the molecule is OC(C#CC#Cc1cccc2ccccc12)c1ccc(Cl)cc1. The van der Waals surface area contributed by atoms with Gasteiger partial charge in [0.15, 0.2) is 0 Å². The minimum atomic E-state index is -0.867. The highest BCUT2D eigenvalue weighted by molar-refractivity contribution is 6.30. The van der Waals surface area contributed by atoms with E-state index in [0.29, 0.717) is 10.6 Å². The lowest BCUT2D eigenvalue weighted by molar-refractivity contribution is 0.238. The number of hydrogen-bond donors (Lipinski definition) is 1. The van der Waals surface area contributed by atoms with Gasteiger partial charge in [-0.05, 0) is 46.4 Å². The fourth-order valence-electron chi connectivity index (χ4n) is 2.27. The van der Waals surface area contributed by atoms with Crippen LogP contribution in [0, 0.1) is 23.7 Å². The van der Waals surface area contributed by atoms with Crippen molar-refractivity contribution < 1.29 is 5.11 Å². The molecule has 3 rings (SSSR count). The smallest absolute Gasteiger partial charge is 0.141 e. The highest BCUT2D eigenvalue weighted by Gasteiger charge is 2.02. The van der Waals surface area contributed by atoms with E-state index in [1.165, 1.54) is 0 Å². The monoisotopic (exact) mass is 316 g/mol. The molecule has 0 saturated carbocycles. The average molecular weight is 317 g/mol. The lowest BCUT2D eigenvalue weighted by Gasteiger charge is -2.02. The van der Waals surface area contributed by atoms with Crippen molar-refractivity contribution in [1.82, 2.24) is 0 Å². The molecule has 0 heterocycles. The number of aliphatic hydroxyl groups is 1.